The number of fused-ring (bicyclic) bond motifs is 6. The fourth-order valence-electron chi connectivity index (χ4n) is 7.27. The fraction of sp³-hybridized carbons (Fsp3) is 0.116. The van der Waals surface area contributed by atoms with Gasteiger partial charge in [0.15, 0.2) is 5.69 Å². The van der Waals surface area contributed by atoms with Gasteiger partial charge in [-0.1, -0.05) is 52.6 Å². The molecule has 4 nitrogen and oxygen atoms in total. The van der Waals surface area contributed by atoms with E-state index in [0.717, 1.165) is 50.1 Å². The van der Waals surface area contributed by atoms with E-state index in [2.05, 4.69) is 133 Å². The van der Waals surface area contributed by atoms with Crippen molar-refractivity contribution >= 4 is 49.3 Å². The summed E-state index contributed by atoms with van der Waals surface area (Å²) in [7, 11) is 0. The maximum Gasteiger partial charge on any atom is 0.197 e. The molecule has 2 aromatic heterocycles. The van der Waals surface area contributed by atoms with Gasteiger partial charge in [0.05, 0.1) is 51.6 Å². The van der Waals surface area contributed by atoms with Crippen LogP contribution in [0.25, 0.3) is 71.0 Å². The lowest BCUT2D eigenvalue weighted by molar-refractivity contribution is 1.10. The highest BCUT2D eigenvalue weighted by Gasteiger charge is 2.22. The first-order valence-electron chi connectivity index (χ1n) is 15.9. The van der Waals surface area contributed by atoms with E-state index in [1.165, 1.54) is 43.8 Å². The number of hydrogen-bond acceptors (Lipinski definition) is 1. The second-order valence-corrected chi connectivity index (χ2v) is 12.9. The van der Waals surface area contributed by atoms with Crippen LogP contribution in [0.3, 0.4) is 0 Å². The van der Waals surface area contributed by atoms with Crippen LogP contribution in [0.5, 0.6) is 0 Å². The Morgan fingerprint density at radius 1 is 0.511 bits per heavy atom. The Morgan fingerprint density at radius 2 is 0.936 bits per heavy atom. The summed E-state index contributed by atoms with van der Waals surface area (Å²) in [5.41, 5.74) is 14.9. The SMILES string of the molecule is [C-]#[N+]c1cc(-n2c3ccc(C)cc3c3cc(C)ccc32)c(-n2c3ccc(C)cc3c3cc(C)ccc32)cc1-c1cc(C)cc(C#N)c1. The standard InChI is InChI=1S/C43H32N4/c1-25-7-11-38-33(17-25)34-18-26(2)8-12-39(34)46(38)42-22-32(31-16-29(5)15-30(21-31)24-44)37(45-6)23-43(42)47-40-13-9-27(3)19-35(40)36-20-28(4)10-14-41(36)47/h7-23H,1-5H3. The summed E-state index contributed by atoms with van der Waals surface area (Å²) in [5.74, 6) is 0. The van der Waals surface area contributed by atoms with Crippen LogP contribution in [0.4, 0.5) is 5.69 Å². The van der Waals surface area contributed by atoms with Gasteiger partial charge < -0.3 is 9.13 Å². The zero-order valence-electron chi connectivity index (χ0n) is 27.1. The summed E-state index contributed by atoms with van der Waals surface area (Å²) >= 11 is 0. The Kier molecular flexibility index (Phi) is 6.33. The molecule has 0 amide bonds. The second kappa shape index (κ2) is 10.5. The minimum atomic E-state index is 0.542. The zero-order chi connectivity index (χ0) is 32.6. The molecular formula is C43H32N4. The van der Waals surface area contributed by atoms with Crippen LogP contribution in [0.15, 0.2) is 103 Å². The van der Waals surface area contributed by atoms with E-state index in [1.54, 1.807) is 0 Å². The lowest BCUT2D eigenvalue weighted by Crippen LogP contribution is -2.04. The molecule has 0 atom stereocenters. The number of nitriles is 1. The average molecular weight is 605 g/mol. The molecule has 0 saturated carbocycles. The number of hydrogen-bond donors (Lipinski definition) is 0. The van der Waals surface area contributed by atoms with E-state index < -0.39 is 0 Å². The van der Waals surface area contributed by atoms with E-state index in [9.17, 15) is 5.26 Å². The Labute approximate surface area is 274 Å². The number of aryl methyl sites for hydroxylation is 5. The molecule has 0 radical (unpaired) electrons. The molecule has 0 bridgehead atoms. The van der Waals surface area contributed by atoms with E-state index in [0.29, 0.717) is 11.3 Å². The monoisotopic (exact) mass is 604 g/mol. The molecule has 0 aliphatic heterocycles. The van der Waals surface area contributed by atoms with Gasteiger partial charge in [-0.25, -0.2) is 4.85 Å². The minimum Gasteiger partial charge on any atom is -0.308 e. The number of benzene rings is 6. The van der Waals surface area contributed by atoms with E-state index in [4.69, 9.17) is 6.57 Å². The van der Waals surface area contributed by atoms with Crippen molar-refractivity contribution in [2.45, 2.75) is 34.6 Å². The third-order valence-electron chi connectivity index (χ3n) is 9.36. The van der Waals surface area contributed by atoms with Crippen molar-refractivity contribution in [3.05, 3.63) is 148 Å². The molecule has 224 valence electrons. The molecular weight excluding hydrogens is 573 g/mol. The van der Waals surface area contributed by atoms with Gasteiger partial charge in [-0.15, -0.1) is 0 Å². The summed E-state index contributed by atoms with van der Waals surface area (Å²) in [5, 5.41) is 14.6. The van der Waals surface area contributed by atoms with Crippen LogP contribution in [-0.2, 0) is 0 Å². The predicted octanol–water partition coefficient (Wildman–Crippen LogP) is 11.5. The quantitative estimate of drug-likeness (QED) is 0.185. The molecule has 0 spiro atoms. The van der Waals surface area contributed by atoms with Crippen molar-refractivity contribution in [2.75, 3.05) is 0 Å². The normalized spacial score (nSPS) is 11.5. The van der Waals surface area contributed by atoms with Gasteiger partial charge in [0, 0.05) is 21.5 Å². The van der Waals surface area contributed by atoms with E-state index >= 15 is 0 Å². The molecule has 0 unspecified atom stereocenters. The molecule has 2 heterocycles. The third-order valence-corrected chi connectivity index (χ3v) is 9.36. The maximum atomic E-state index is 9.84. The van der Waals surface area contributed by atoms with Crippen LogP contribution in [-0.4, -0.2) is 9.13 Å². The predicted molar refractivity (Wildman–Crippen MR) is 195 cm³/mol. The first-order valence-corrected chi connectivity index (χ1v) is 15.9. The van der Waals surface area contributed by atoms with Gasteiger partial charge >= 0.3 is 0 Å². The second-order valence-electron chi connectivity index (χ2n) is 12.9. The summed E-state index contributed by atoms with van der Waals surface area (Å²) < 4.78 is 4.69. The molecule has 47 heavy (non-hydrogen) atoms. The maximum absolute atomic E-state index is 9.84. The van der Waals surface area contributed by atoms with E-state index in [1.807, 2.05) is 25.1 Å². The van der Waals surface area contributed by atoms with Crippen LogP contribution in [0, 0.1) is 52.5 Å². The van der Waals surface area contributed by atoms with Gasteiger partial charge in [-0.2, -0.15) is 5.26 Å². The molecule has 0 fully saturated rings. The van der Waals surface area contributed by atoms with Gasteiger partial charge in [-0.3, -0.25) is 0 Å². The van der Waals surface area contributed by atoms with Crippen LogP contribution in [0.1, 0.15) is 33.4 Å². The highest BCUT2D eigenvalue weighted by Crippen LogP contribution is 2.43. The molecule has 0 saturated heterocycles. The van der Waals surface area contributed by atoms with Crippen LogP contribution in [0.2, 0.25) is 0 Å². The van der Waals surface area contributed by atoms with Crippen molar-refractivity contribution < 1.29 is 0 Å². The fourth-order valence-corrected chi connectivity index (χ4v) is 7.27. The van der Waals surface area contributed by atoms with Gasteiger partial charge in [-0.05, 0) is 124 Å². The third kappa shape index (κ3) is 4.42. The first-order chi connectivity index (χ1) is 22.7. The number of aromatic nitrogens is 2. The summed E-state index contributed by atoms with van der Waals surface area (Å²) in [6.45, 7) is 18.9. The molecule has 4 heteroatoms. The van der Waals surface area contributed by atoms with Crippen molar-refractivity contribution in [3.8, 4) is 28.6 Å². The first kappa shape index (κ1) is 28.4. The molecule has 0 aliphatic carbocycles. The topological polar surface area (TPSA) is 38.0 Å². The lowest BCUT2D eigenvalue weighted by atomic mass is 9.97. The van der Waals surface area contributed by atoms with Gasteiger partial charge in [0.25, 0.3) is 0 Å². The summed E-state index contributed by atoms with van der Waals surface area (Å²) in [6, 6.07) is 38.9. The number of nitrogens with zero attached hydrogens (tertiary/aromatic N) is 4. The van der Waals surface area contributed by atoms with E-state index in [-0.39, 0.29) is 0 Å². The lowest BCUT2D eigenvalue weighted by Gasteiger charge is -2.20. The van der Waals surface area contributed by atoms with Crippen molar-refractivity contribution in [1.82, 2.24) is 9.13 Å². The Morgan fingerprint density at radius 3 is 1.34 bits per heavy atom. The van der Waals surface area contributed by atoms with Crippen LogP contribution < -0.4 is 0 Å². The Bertz CT molecular complexity index is 2580. The molecule has 6 aromatic carbocycles. The van der Waals surface area contributed by atoms with Crippen molar-refractivity contribution in [1.29, 1.82) is 5.26 Å². The Balaban J connectivity index is 1.59. The number of rotatable bonds is 3. The molecule has 0 aliphatic rings. The van der Waals surface area contributed by atoms with Crippen molar-refractivity contribution in [2.24, 2.45) is 0 Å². The average Bonchev–Trinajstić information content (AvgIpc) is 3.54. The molecule has 0 N–H and O–H groups in total. The van der Waals surface area contributed by atoms with Crippen LogP contribution >= 0.6 is 0 Å². The zero-order valence-corrected chi connectivity index (χ0v) is 27.1. The highest BCUT2D eigenvalue weighted by molar-refractivity contribution is 6.12. The Hall–Kier alpha value is -6.10. The largest absolute Gasteiger partial charge is 0.308 e. The smallest absolute Gasteiger partial charge is 0.197 e. The molecule has 8 rings (SSSR count). The highest BCUT2D eigenvalue weighted by atomic mass is 15.1. The molecule has 8 aromatic rings. The minimum absolute atomic E-state index is 0.542. The van der Waals surface area contributed by atoms with Gasteiger partial charge in [0.1, 0.15) is 0 Å². The van der Waals surface area contributed by atoms with Crippen molar-refractivity contribution in [3.63, 3.8) is 0 Å². The summed E-state index contributed by atoms with van der Waals surface area (Å²) in [6.07, 6.45) is 0. The summed E-state index contributed by atoms with van der Waals surface area (Å²) in [4.78, 5) is 4.11. The van der Waals surface area contributed by atoms with Gasteiger partial charge in [0.2, 0.25) is 0 Å².